The lowest BCUT2D eigenvalue weighted by Crippen LogP contribution is -2.02. The summed E-state index contributed by atoms with van der Waals surface area (Å²) in [4.78, 5) is 14.8. The Morgan fingerprint density at radius 1 is 1.62 bits per heavy atom. The normalized spacial score (nSPS) is 10.0. The van der Waals surface area contributed by atoms with Crippen molar-refractivity contribution in [3.8, 4) is 0 Å². The molecular weight excluding hydrogens is 164 g/mol. The molecule has 0 atom stereocenters. The van der Waals surface area contributed by atoms with Gasteiger partial charge in [-0.2, -0.15) is 0 Å². The van der Waals surface area contributed by atoms with Crippen LogP contribution < -0.4 is 5.73 Å². The molecule has 1 aromatic rings. The molecule has 1 heterocycles. The van der Waals surface area contributed by atoms with Crippen molar-refractivity contribution in [2.24, 2.45) is 0 Å². The lowest BCUT2D eigenvalue weighted by atomic mass is 10.0. The molecule has 0 saturated carbocycles. The molecule has 2 N–H and O–H groups in total. The van der Waals surface area contributed by atoms with E-state index in [0.29, 0.717) is 18.7 Å². The van der Waals surface area contributed by atoms with Gasteiger partial charge in [0.25, 0.3) is 0 Å². The summed E-state index contributed by atoms with van der Waals surface area (Å²) in [6, 6.07) is 1.91. The predicted molar refractivity (Wildman–Crippen MR) is 52.4 cm³/mol. The number of carbonyl (C=O) groups excluding carboxylic acids is 1. The van der Waals surface area contributed by atoms with Crippen LogP contribution in [0.4, 0.5) is 5.82 Å². The fraction of sp³-hybridized carbons (Fsp3) is 0.400. The van der Waals surface area contributed by atoms with Crippen molar-refractivity contribution in [3.63, 3.8) is 0 Å². The van der Waals surface area contributed by atoms with Crippen molar-refractivity contribution in [1.29, 1.82) is 0 Å². The summed E-state index contributed by atoms with van der Waals surface area (Å²) in [6.45, 7) is 3.56. The minimum absolute atomic E-state index is 0.183. The van der Waals surface area contributed by atoms with E-state index in [9.17, 15) is 4.79 Å². The van der Waals surface area contributed by atoms with Crippen LogP contribution in [0.1, 0.15) is 24.5 Å². The molecule has 1 rings (SSSR count). The molecule has 0 aliphatic rings. The van der Waals surface area contributed by atoms with E-state index in [1.54, 1.807) is 13.1 Å². The van der Waals surface area contributed by atoms with Crippen molar-refractivity contribution in [3.05, 3.63) is 23.4 Å². The minimum Gasteiger partial charge on any atom is -0.383 e. The summed E-state index contributed by atoms with van der Waals surface area (Å²) >= 11 is 0. The first-order valence-corrected chi connectivity index (χ1v) is 4.30. The van der Waals surface area contributed by atoms with Crippen LogP contribution in [0.2, 0.25) is 0 Å². The number of carbonyl (C=O) groups is 1. The molecule has 0 radical (unpaired) electrons. The van der Waals surface area contributed by atoms with Crippen LogP contribution in [0.5, 0.6) is 0 Å². The summed E-state index contributed by atoms with van der Waals surface area (Å²) < 4.78 is 0. The molecule has 0 saturated heterocycles. The van der Waals surface area contributed by atoms with Gasteiger partial charge in [-0.3, -0.25) is 0 Å². The zero-order chi connectivity index (χ0) is 9.84. The van der Waals surface area contributed by atoms with E-state index in [4.69, 9.17) is 5.73 Å². The largest absolute Gasteiger partial charge is 0.383 e. The molecule has 70 valence electrons. The highest BCUT2D eigenvalue weighted by Gasteiger charge is 2.04. The van der Waals surface area contributed by atoms with E-state index in [-0.39, 0.29) is 5.78 Å². The van der Waals surface area contributed by atoms with Crippen molar-refractivity contribution in [1.82, 2.24) is 4.98 Å². The first-order chi connectivity index (χ1) is 6.11. The summed E-state index contributed by atoms with van der Waals surface area (Å²) in [5.41, 5.74) is 7.79. The number of Topliss-reactive ketones (excluding diaryl/α,β-unsaturated/α-hetero) is 1. The van der Waals surface area contributed by atoms with Gasteiger partial charge in [-0.25, -0.2) is 4.98 Å². The quantitative estimate of drug-likeness (QED) is 0.763. The number of nitrogens with zero attached hydrogens (tertiary/aromatic N) is 1. The van der Waals surface area contributed by atoms with Gasteiger partial charge in [-0.15, -0.1) is 0 Å². The molecule has 13 heavy (non-hydrogen) atoms. The first kappa shape index (κ1) is 9.71. The van der Waals surface area contributed by atoms with Crippen molar-refractivity contribution in [2.75, 3.05) is 5.73 Å². The van der Waals surface area contributed by atoms with E-state index in [0.717, 1.165) is 11.1 Å². The zero-order valence-corrected chi connectivity index (χ0v) is 8.00. The second kappa shape index (κ2) is 4.03. The van der Waals surface area contributed by atoms with E-state index in [2.05, 4.69) is 4.98 Å². The predicted octanol–water partition coefficient (Wildman–Crippen LogP) is 1.49. The van der Waals surface area contributed by atoms with Gasteiger partial charge in [0, 0.05) is 12.6 Å². The van der Waals surface area contributed by atoms with Gasteiger partial charge in [0.05, 0.1) is 0 Å². The highest BCUT2D eigenvalue weighted by atomic mass is 16.1. The Kier molecular flexibility index (Phi) is 3.01. The van der Waals surface area contributed by atoms with Crippen LogP contribution >= 0.6 is 0 Å². The van der Waals surface area contributed by atoms with Crippen LogP contribution in [0.15, 0.2) is 12.3 Å². The van der Waals surface area contributed by atoms with Gasteiger partial charge in [0.15, 0.2) is 0 Å². The number of rotatable bonds is 3. The van der Waals surface area contributed by atoms with E-state index in [1.165, 1.54) is 0 Å². The van der Waals surface area contributed by atoms with Crippen LogP contribution in [-0.2, 0) is 11.2 Å². The average Bonchev–Trinajstić information content (AvgIpc) is 2.03. The minimum atomic E-state index is 0.183. The smallest absolute Gasteiger partial charge is 0.130 e. The molecule has 3 nitrogen and oxygen atoms in total. The third-order valence-corrected chi connectivity index (χ3v) is 2.05. The Bertz CT molecular complexity index is 300. The number of pyridine rings is 1. The van der Waals surface area contributed by atoms with Crippen LogP contribution in [0.3, 0.4) is 0 Å². The molecule has 0 aliphatic heterocycles. The molecule has 0 bridgehead atoms. The first-order valence-electron chi connectivity index (χ1n) is 4.30. The lowest BCUT2D eigenvalue weighted by molar-refractivity contribution is -0.116. The topological polar surface area (TPSA) is 56.0 Å². The summed E-state index contributed by atoms with van der Waals surface area (Å²) in [5.74, 6) is 0.726. The SMILES string of the molecule is CC(=O)CCc1c(C)ccnc1N. The molecule has 0 amide bonds. The number of ketones is 1. The second-order valence-corrected chi connectivity index (χ2v) is 3.19. The number of nitrogens with two attached hydrogens (primary N) is 1. The maximum absolute atomic E-state index is 10.8. The standard InChI is InChI=1S/C10H14N2O/c1-7-5-6-12-10(11)9(7)4-3-8(2)13/h5-6H,3-4H2,1-2H3,(H2,11,12). The van der Waals surface area contributed by atoms with Crippen LogP contribution in [0.25, 0.3) is 0 Å². The summed E-state index contributed by atoms with van der Waals surface area (Å²) in [5, 5.41) is 0. The maximum atomic E-state index is 10.8. The number of anilines is 1. The van der Waals surface area contributed by atoms with Gasteiger partial charge in [0.1, 0.15) is 11.6 Å². The summed E-state index contributed by atoms with van der Waals surface area (Å²) in [6.07, 6.45) is 2.92. The number of aryl methyl sites for hydroxylation is 1. The maximum Gasteiger partial charge on any atom is 0.130 e. The van der Waals surface area contributed by atoms with Gasteiger partial charge in [-0.1, -0.05) is 0 Å². The Morgan fingerprint density at radius 3 is 2.85 bits per heavy atom. The van der Waals surface area contributed by atoms with E-state index >= 15 is 0 Å². The summed E-state index contributed by atoms with van der Waals surface area (Å²) in [7, 11) is 0. The van der Waals surface area contributed by atoms with Gasteiger partial charge in [-0.05, 0) is 37.5 Å². The van der Waals surface area contributed by atoms with Crippen molar-refractivity contribution >= 4 is 11.6 Å². The highest BCUT2D eigenvalue weighted by Crippen LogP contribution is 2.15. The average molecular weight is 178 g/mol. The zero-order valence-electron chi connectivity index (χ0n) is 8.00. The van der Waals surface area contributed by atoms with Gasteiger partial charge < -0.3 is 10.5 Å². The number of hydrogen-bond donors (Lipinski definition) is 1. The Hall–Kier alpha value is -1.38. The van der Waals surface area contributed by atoms with Crippen LogP contribution in [-0.4, -0.2) is 10.8 Å². The van der Waals surface area contributed by atoms with Crippen molar-refractivity contribution < 1.29 is 4.79 Å². The molecule has 3 heteroatoms. The Labute approximate surface area is 78.0 Å². The van der Waals surface area contributed by atoms with Gasteiger partial charge >= 0.3 is 0 Å². The molecule has 0 aliphatic carbocycles. The monoisotopic (exact) mass is 178 g/mol. The Balaban J connectivity index is 2.81. The third kappa shape index (κ3) is 2.54. The third-order valence-electron chi connectivity index (χ3n) is 2.05. The highest BCUT2D eigenvalue weighted by molar-refractivity contribution is 5.76. The van der Waals surface area contributed by atoms with E-state index < -0.39 is 0 Å². The van der Waals surface area contributed by atoms with Crippen LogP contribution in [0, 0.1) is 6.92 Å². The van der Waals surface area contributed by atoms with Crippen molar-refractivity contribution in [2.45, 2.75) is 26.7 Å². The second-order valence-electron chi connectivity index (χ2n) is 3.19. The molecule has 0 fully saturated rings. The lowest BCUT2D eigenvalue weighted by Gasteiger charge is -2.06. The molecular formula is C10H14N2O. The Morgan fingerprint density at radius 2 is 2.31 bits per heavy atom. The fourth-order valence-corrected chi connectivity index (χ4v) is 1.24. The number of nitrogen functional groups attached to an aromatic ring is 1. The molecule has 1 aromatic heterocycles. The van der Waals surface area contributed by atoms with Gasteiger partial charge in [0.2, 0.25) is 0 Å². The molecule has 0 unspecified atom stereocenters. The van der Waals surface area contributed by atoms with E-state index in [1.807, 2.05) is 13.0 Å². The number of aromatic nitrogens is 1. The molecule has 0 aromatic carbocycles. The fourth-order valence-electron chi connectivity index (χ4n) is 1.24. The number of hydrogen-bond acceptors (Lipinski definition) is 3. The molecule has 0 spiro atoms.